The normalized spacial score (nSPS) is 14.0. The monoisotopic (exact) mass is 448 g/mol. The van der Waals surface area contributed by atoms with Crippen molar-refractivity contribution in [2.45, 2.75) is 26.0 Å². The van der Waals surface area contributed by atoms with Crippen LogP contribution in [0.4, 0.5) is 0 Å². The Labute approximate surface area is 158 Å². The minimum atomic E-state index is -0.906. The Morgan fingerprint density at radius 3 is 2.74 bits per heavy atom. The maximum Gasteiger partial charge on any atom is 0.191 e. The zero-order valence-electron chi connectivity index (χ0n) is 13.7. The molecule has 2 heterocycles. The lowest BCUT2D eigenvalue weighted by Crippen LogP contribution is -2.44. The predicted octanol–water partition coefficient (Wildman–Crippen LogP) is 2.67. The van der Waals surface area contributed by atoms with Crippen LogP contribution in [0.3, 0.4) is 0 Å². The van der Waals surface area contributed by atoms with Gasteiger partial charge in [-0.05, 0) is 36.9 Å². The van der Waals surface area contributed by atoms with Gasteiger partial charge in [0, 0.05) is 30.9 Å². The molecule has 2 aromatic heterocycles. The SMILES string of the molecule is CCNC(=NCc1ccn(C)c1)NCC(C)(O)c1cccs1.I. The van der Waals surface area contributed by atoms with E-state index >= 15 is 0 Å². The molecular formula is C16H25IN4OS. The van der Waals surface area contributed by atoms with Crippen LogP contribution >= 0.6 is 35.3 Å². The highest BCUT2D eigenvalue weighted by Crippen LogP contribution is 2.24. The molecule has 0 saturated heterocycles. The van der Waals surface area contributed by atoms with Crippen molar-refractivity contribution in [2.24, 2.45) is 12.0 Å². The third-order valence-corrected chi connectivity index (χ3v) is 4.43. The summed E-state index contributed by atoms with van der Waals surface area (Å²) >= 11 is 1.55. The van der Waals surface area contributed by atoms with Gasteiger partial charge < -0.3 is 20.3 Å². The average Bonchev–Trinajstić information content (AvgIpc) is 3.13. The van der Waals surface area contributed by atoms with Crippen molar-refractivity contribution in [1.82, 2.24) is 15.2 Å². The molecule has 1 atom stereocenters. The molecule has 0 aliphatic rings. The average molecular weight is 448 g/mol. The van der Waals surface area contributed by atoms with Crippen molar-refractivity contribution in [1.29, 1.82) is 0 Å². The quantitative estimate of drug-likeness (QED) is 0.362. The van der Waals surface area contributed by atoms with Crippen molar-refractivity contribution < 1.29 is 5.11 Å². The van der Waals surface area contributed by atoms with Gasteiger partial charge in [-0.15, -0.1) is 35.3 Å². The number of guanidine groups is 1. The van der Waals surface area contributed by atoms with Crippen LogP contribution in [0.2, 0.25) is 0 Å². The van der Waals surface area contributed by atoms with Crippen LogP contribution in [0.1, 0.15) is 24.3 Å². The van der Waals surface area contributed by atoms with E-state index in [1.807, 2.05) is 49.2 Å². The first-order valence-electron chi connectivity index (χ1n) is 7.40. The number of rotatable bonds is 6. The third-order valence-electron chi connectivity index (χ3n) is 3.31. The lowest BCUT2D eigenvalue weighted by Gasteiger charge is -2.23. The molecule has 0 radical (unpaired) electrons. The molecule has 0 fully saturated rings. The van der Waals surface area contributed by atoms with Crippen LogP contribution in [-0.2, 0) is 19.2 Å². The molecular weight excluding hydrogens is 423 g/mol. The Kier molecular flexibility index (Phi) is 8.07. The van der Waals surface area contributed by atoms with E-state index in [1.54, 1.807) is 11.3 Å². The summed E-state index contributed by atoms with van der Waals surface area (Å²) in [5, 5.41) is 18.9. The Balaban J connectivity index is 0.00000264. The molecule has 0 spiro atoms. The maximum absolute atomic E-state index is 10.5. The molecule has 7 heteroatoms. The first-order valence-corrected chi connectivity index (χ1v) is 8.28. The smallest absolute Gasteiger partial charge is 0.191 e. The van der Waals surface area contributed by atoms with E-state index < -0.39 is 5.60 Å². The highest BCUT2D eigenvalue weighted by molar-refractivity contribution is 14.0. The maximum atomic E-state index is 10.5. The zero-order chi connectivity index (χ0) is 16.0. The van der Waals surface area contributed by atoms with Gasteiger partial charge in [0.05, 0.1) is 13.1 Å². The molecule has 1 unspecified atom stereocenters. The number of hydrogen-bond donors (Lipinski definition) is 3. The molecule has 0 aromatic carbocycles. The van der Waals surface area contributed by atoms with Crippen LogP contribution in [0.15, 0.2) is 41.0 Å². The zero-order valence-corrected chi connectivity index (χ0v) is 16.9. The Hall–Kier alpha value is -1.06. The summed E-state index contributed by atoms with van der Waals surface area (Å²) < 4.78 is 2.01. The van der Waals surface area contributed by atoms with Crippen LogP contribution in [0.25, 0.3) is 0 Å². The molecule has 2 rings (SSSR count). The van der Waals surface area contributed by atoms with Crippen molar-refractivity contribution in [3.63, 3.8) is 0 Å². The molecule has 0 aliphatic carbocycles. The van der Waals surface area contributed by atoms with E-state index in [9.17, 15) is 5.11 Å². The van der Waals surface area contributed by atoms with E-state index in [0.717, 1.165) is 17.0 Å². The Morgan fingerprint density at radius 1 is 1.39 bits per heavy atom. The van der Waals surface area contributed by atoms with Crippen molar-refractivity contribution in [3.05, 3.63) is 46.4 Å². The molecule has 0 amide bonds. The van der Waals surface area contributed by atoms with Gasteiger partial charge >= 0.3 is 0 Å². The Morgan fingerprint density at radius 2 is 2.17 bits per heavy atom. The second kappa shape index (κ2) is 9.29. The van der Waals surface area contributed by atoms with E-state index in [-0.39, 0.29) is 24.0 Å². The molecule has 5 nitrogen and oxygen atoms in total. The number of nitrogens with one attached hydrogen (secondary N) is 2. The van der Waals surface area contributed by atoms with Gasteiger partial charge in [-0.25, -0.2) is 4.99 Å². The van der Waals surface area contributed by atoms with Crippen molar-refractivity contribution >= 4 is 41.3 Å². The van der Waals surface area contributed by atoms with E-state index in [0.29, 0.717) is 19.0 Å². The fourth-order valence-electron chi connectivity index (χ4n) is 2.09. The first-order chi connectivity index (χ1) is 10.5. The number of thiophene rings is 1. The molecule has 128 valence electrons. The summed E-state index contributed by atoms with van der Waals surface area (Å²) in [6.07, 6.45) is 4.06. The van der Waals surface area contributed by atoms with Gasteiger partial charge in [0.2, 0.25) is 0 Å². The van der Waals surface area contributed by atoms with Crippen molar-refractivity contribution in [3.8, 4) is 0 Å². The van der Waals surface area contributed by atoms with Crippen LogP contribution in [-0.4, -0.2) is 28.7 Å². The topological polar surface area (TPSA) is 61.6 Å². The number of aliphatic hydroxyl groups is 1. The van der Waals surface area contributed by atoms with Gasteiger partial charge in [0.1, 0.15) is 5.60 Å². The number of halogens is 1. The molecule has 0 aliphatic heterocycles. The van der Waals surface area contributed by atoms with Gasteiger partial charge in [0.15, 0.2) is 5.96 Å². The standard InChI is InChI=1S/C16H24N4OS.HI/c1-4-17-15(18-10-13-7-8-20(3)11-13)19-12-16(2,21)14-6-5-9-22-14;/h5-9,11,21H,4,10,12H2,1-3H3,(H2,17,18,19);1H. The summed E-state index contributed by atoms with van der Waals surface area (Å²) in [5.41, 5.74) is 0.251. The van der Waals surface area contributed by atoms with E-state index in [4.69, 9.17) is 0 Å². The molecule has 23 heavy (non-hydrogen) atoms. The van der Waals surface area contributed by atoms with Gasteiger partial charge in [-0.2, -0.15) is 0 Å². The number of aromatic nitrogens is 1. The van der Waals surface area contributed by atoms with Gasteiger partial charge in [0.25, 0.3) is 0 Å². The predicted molar refractivity (Wildman–Crippen MR) is 108 cm³/mol. The number of aliphatic imine (C=N–C) groups is 1. The minimum absolute atomic E-state index is 0. The molecule has 2 aromatic rings. The minimum Gasteiger partial charge on any atom is -0.383 e. The van der Waals surface area contributed by atoms with Crippen LogP contribution < -0.4 is 10.6 Å². The molecule has 3 N–H and O–H groups in total. The number of hydrogen-bond acceptors (Lipinski definition) is 3. The Bertz CT molecular complexity index is 607. The largest absolute Gasteiger partial charge is 0.383 e. The van der Waals surface area contributed by atoms with Crippen molar-refractivity contribution in [2.75, 3.05) is 13.1 Å². The third kappa shape index (κ3) is 6.15. The van der Waals surface area contributed by atoms with Gasteiger partial charge in [-0.3, -0.25) is 0 Å². The van der Waals surface area contributed by atoms with Gasteiger partial charge in [-0.1, -0.05) is 6.07 Å². The summed E-state index contributed by atoms with van der Waals surface area (Å²) in [7, 11) is 1.99. The second-order valence-electron chi connectivity index (χ2n) is 5.49. The summed E-state index contributed by atoms with van der Waals surface area (Å²) in [6, 6.07) is 5.94. The highest BCUT2D eigenvalue weighted by Gasteiger charge is 2.24. The molecule has 0 bridgehead atoms. The lowest BCUT2D eigenvalue weighted by atomic mass is 10.1. The van der Waals surface area contributed by atoms with Crippen LogP contribution in [0.5, 0.6) is 0 Å². The second-order valence-corrected chi connectivity index (χ2v) is 6.43. The van der Waals surface area contributed by atoms with E-state index in [2.05, 4.69) is 27.9 Å². The summed E-state index contributed by atoms with van der Waals surface area (Å²) in [5.74, 6) is 0.711. The van der Waals surface area contributed by atoms with Crippen LogP contribution in [0, 0.1) is 0 Å². The summed E-state index contributed by atoms with van der Waals surface area (Å²) in [4.78, 5) is 5.50. The summed E-state index contributed by atoms with van der Waals surface area (Å²) in [6.45, 7) is 5.64. The number of aryl methyl sites for hydroxylation is 1. The highest BCUT2D eigenvalue weighted by atomic mass is 127. The fraction of sp³-hybridized carbons (Fsp3) is 0.438. The van der Waals surface area contributed by atoms with E-state index in [1.165, 1.54) is 0 Å². The fourth-order valence-corrected chi connectivity index (χ4v) is 2.88. The lowest BCUT2D eigenvalue weighted by molar-refractivity contribution is 0.0655. The number of nitrogens with zero attached hydrogens (tertiary/aromatic N) is 2. The first kappa shape index (κ1) is 20.0. The molecule has 0 saturated carbocycles.